The molecule has 2 atom stereocenters. The predicted octanol–water partition coefficient (Wildman–Crippen LogP) is 3.44. The van der Waals surface area contributed by atoms with Crippen molar-refractivity contribution >= 4 is 15.9 Å². The van der Waals surface area contributed by atoms with Crippen molar-refractivity contribution in [3.8, 4) is 0 Å². The van der Waals surface area contributed by atoms with Crippen LogP contribution in [0.5, 0.6) is 0 Å². The van der Waals surface area contributed by atoms with E-state index in [2.05, 4.69) is 11.8 Å². The fourth-order valence-corrected chi connectivity index (χ4v) is 4.84. The number of rotatable bonds is 5. The summed E-state index contributed by atoms with van der Waals surface area (Å²) >= 11 is 0. The molecule has 1 aliphatic carbocycles. The molecule has 6 heteroatoms. The topological polar surface area (TPSA) is 63.7 Å². The van der Waals surface area contributed by atoms with Gasteiger partial charge in [-0.2, -0.15) is 8.42 Å². The molecule has 0 bridgehead atoms. The number of Topliss-reactive ketones (excluding diaryl/α,β-unsaturated/α-hetero) is 1. The largest absolute Gasteiger partial charge is 0.387 e. The monoisotopic (exact) mass is 377 g/mol. The van der Waals surface area contributed by atoms with Crippen LogP contribution in [-0.2, 0) is 19.1 Å². The first-order valence-electron chi connectivity index (χ1n) is 9.37. The van der Waals surface area contributed by atoms with E-state index < -0.39 is 10.1 Å². The molecule has 0 radical (unpaired) electrons. The Hall–Kier alpha value is -1.66. The van der Waals surface area contributed by atoms with Crippen molar-refractivity contribution in [3.05, 3.63) is 41.7 Å². The van der Waals surface area contributed by atoms with Crippen molar-refractivity contribution < 1.29 is 17.4 Å². The van der Waals surface area contributed by atoms with Gasteiger partial charge in [-0.25, -0.2) is 0 Å². The number of aryl methyl sites for hydroxylation is 1. The molecule has 0 amide bonds. The number of carbonyl (C=O) groups is 1. The van der Waals surface area contributed by atoms with Crippen LogP contribution >= 0.6 is 0 Å². The van der Waals surface area contributed by atoms with Crippen molar-refractivity contribution in [2.45, 2.75) is 56.9 Å². The Kier molecular flexibility index (Phi) is 5.82. The fraction of sp³-hybridized carbons (Fsp3) is 0.550. The van der Waals surface area contributed by atoms with E-state index >= 15 is 0 Å². The van der Waals surface area contributed by atoms with Crippen LogP contribution in [0.2, 0.25) is 0 Å². The van der Waals surface area contributed by atoms with Crippen LogP contribution in [0.1, 0.15) is 44.6 Å². The van der Waals surface area contributed by atoms with Crippen LogP contribution in [0.4, 0.5) is 0 Å². The van der Waals surface area contributed by atoms with Crippen molar-refractivity contribution in [3.63, 3.8) is 0 Å². The number of piperidine rings is 1. The lowest BCUT2D eigenvalue weighted by Crippen LogP contribution is -2.49. The molecule has 26 heavy (non-hydrogen) atoms. The van der Waals surface area contributed by atoms with Gasteiger partial charge in [0, 0.05) is 18.0 Å². The minimum Gasteiger partial charge on any atom is -0.387 e. The summed E-state index contributed by atoms with van der Waals surface area (Å²) in [7, 11) is -3.90. The quantitative estimate of drug-likeness (QED) is 0.447. The van der Waals surface area contributed by atoms with Gasteiger partial charge in [0.25, 0.3) is 0 Å². The number of ketones is 1. The summed E-state index contributed by atoms with van der Waals surface area (Å²) in [5.41, 5.74) is 1.47. The van der Waals surface area contributed by atoms with Crippen molar-refractivity contribution in [1.82, 2.24) is 4.90 Å². The van der Waals surface area contributed by atoms with Crippen LogP contribution in [0.3, 0.4) is 0 Å². The van der Waals surface area contributed by atoms with Gasteiger partial charge in [0.15, 0.2) is 5.78 Å². The van der Waals surface area contributed by atoms with Crippen LogP contribution < -0.4 is 0 Å². The number of hydrogen-bond donors (Lipinski definition) is 0. The molecule has 0 unspecified atom stereocenters. The number of likely N-dealkylation sites (tertiary alicyclic amines) is 1. The normalized spacial score (nSPS) is 25.9. The van der Waals surface area contributed by atoms with E-state index in [1.165, 1.54) is 18.4 Å². The Morgan fingerprint density at radius 2 is 1.96 bits per heavy atom. The second kappa shape index (κ2) is 7.92. The standard InChI is InChI=1S/C20H27NO4S/c1-3-10-21-11-4-5-16-13-20(22)17(12-19(16)21)14-25-26(23,24)18-8-6-15(2)7-9-18/h6-9,14,16,19H,3-5,10-13H2,1-2H3/b17-14+/t16-,19-/m0/s1. The minimum absolute atomic E-state index is 0.0173. The zero-order chi connectivity index (χ0) is 18.7. The van der Waals surface area contributed by atoms with Crippen LogP contribution in [0, 0.1) is 12.8 Å². The predicted molar refractivity (Wildman–Crippen MR) is 100 cm³/mol. The highest BCUT2D eigenvalue weighted by molar-refractivity contribution is 7.86. The highest BCUT2D eigenvalue weighted by atomic mass is 32.2. The summed E-state index contributed by atoms with van der Waals surface area (Å²) in [4.78, 5) is 15.0. The molecule has 2 fully saturated rings. The first kappa shape index (κ1) is 19.1. The summed E-state index contributed by atoms with van der Waals surface area (Å²) in [6.07, 6.45) is 5.52. The Balaban J connectivity index is 1.75. The first-order valence-corrected chi connectivity index (χ1v) is 10.8. The van der Waals surface area contributed by atoms with Gasteiger partial charge in [-0.3, -0.25) is 9.69 Å². The summed E-state index contributed by atoms with van der Waals surface area (Å²) in [5, 5.41) is 0. The molecule has 0 spiro atoms. The Bertz CT molecular complexity index is 781. The SMILES string of the molecule is CCCN1CCC[C@H]2CC(=O)/C(=C/OS(=O)(=O)c3ccc(C)cc3)C[C@@H]21. The van der Waals surface area contributed by atoms with Crippen LogP contribution in [0.15, 0.2) is 41.0 Å². The third kappa shape index (κ3) is 4.18. The van der Waals surface area contributed by atoms with E-state index in [-0.39, 0.29) is 10.7 Å². The van der Waals surface area contributed by atoms with Crippen LogP contribution in [-0.4, -0.2) is 38.2 Å². The van der Waals surface area contributed by atoms with E-state index in [1.54, 1.807) is 12.1 Å². The molecule has 142 valence electrons. The van der Waals surface area contributed by atoms with E-state index in [1.807, 2.05) is 6.92 Å². The van der Waals surface area contributed by atoms with Gasteiger partial charge < -0.3 is 4.18 Å². The Morgan fingerprint density at radius 3 is 2.65 bits per heavy atom. The summed E-state index contributed by atoms with van der Waals surface area (Å²) in [5.74, 6) is 0.400. The molecule has 5 nitrogen and oxygen atoms in total. The zero-order valence-electron chi connectivity index (χ0n) is 15.5. The van der Waals surface area contributed by atoms with Gasteiger partial charge in [0.2, 0.25) is 0 Å². The van der Waals surface area contributed by atoms with Crippen molar-refractivity contribution in [1.29, 1.82) is 0 Å². The van der Waals surface area contributed by atoms with Gasteiger partial charge in [0.1, 0.15) is 11.2 Å². The average Bonchev–Trinajstić information content (AvgIpc) is 2.61. The highest BCUT2D eigenvalue weighted by Crippen LogP contribution is 2.36. The van der Waals surface area contributed by atoms with Crippen molar-refractivity contribution in [2.24, 2.45) is 5.92 Å². The highest BCUT2D eigenvalue weighted by Gasteiger charge is 2.38. The second-order valence-electron chi connectivity index (χ2n) is 7.34. The summed E-state index contributed by atoms with van der Waals surface area (Å²) in [6.45, 7) is 6.12. The third-order valence-corrected chi connectivity index (χ3v) is 6.60. The Labute approximate surface area is 156 Å². The second-order valence-corrected chi connectivity index (χ2v) is 8.92. The number of fused-ring (bicyclic) bond motifs is 1. The maximum Gasteiger partial charge on any atom is 0.338 e. The first-order chi connectivity index (χ1) is 12.4. The molecule has 1 aromatic carbocycles. The lowest BCUT2D eigenvalue weighted by atomic mass is 9.76. The van der Waals surface area contributed by atoms with Gasteiger partial charge >= 0.3 is 10.1 Å². The molecular weight excluding hydrogens is 350 g/mol. The van der Waals surface area contributed by atoms with E-state index in [9.17, 15) is 13.2 Å². The molecule has 0 aromatic heterocycles. The summed E-state index contributed by atoms with van der Waals surface area (Å²) < 4.78 is 29.8. The number of nitrogens with zero attached hydrogens (tertiary/aromatic N) is 1. The molecule has 1 saturated heterocycles. The van der Waals surface area contributed by atoms with E-state index in [4.69, 9.17) is 4.18 Å². The van der Waals surface area contributed by atoms with Gasteiger partial charge in [-0.05, 0) is 63.7 Å². The molecule has 3 rings (SSSR count). The molecule has 1 saturated carbocycles. The lowest BCUT2D eigenvalue weighted by molar-refractivity contribution is -0.119. The fourth-order valence-electron chi connectivity index (χ4n) is 4.02. The van der Waals surface area contributed by atoms with E-state index in [0.29, 0.717) is 30.4 Å². The molecule has 1 aromatic rings. The van der Waals surface area contributed by atoms with Crippen molar-refractivity contribution in [2.75, 3.05) is 13.1 Å². The number of hydrogen-bond acceptors (Lipinski definition) is 5. The lowest BCUT2D eigenvalue weighted by Gasteiger charge is -2.44. The molecular formula is C20H27NO4S. The summed E-state index contributed by atoms with van der Waals surface area (Å²) in [6, 6.07) is 6.81. The molecule has 1 aliphatic heterocycles. The maximum atomic E-state index is 12.5. The van der Waals surface area contributed by atoms with Crippen LogP contribution in [0.25, 0.3) is 0 Å². The maximum absolute atomic E-state index is 12.5. The van der Waals surface area contributed by atoms with Gasteiger partial charge in [-0.1, -0.05) is 24.6 Å². The molecule has 0 N–H and O–H groups in total. The smallest absolute Gasteiger partial charge is 0.338 e. The Morgan fingerprint density at radius 1 is 1.23 bits per heavy atom. The number of carbonyl (C=O) groups excluding carboxylic acids is 1. The van der Waals surface area contributed by atoms with E-state index in [0.717, 1.165) is 37.9 Å². The number of benzene rings is 1. The van der Waals surface area contributed by atoms with Gasteiger partial charge in [-0.15, -0.1) is 0 Å². The zero-order valence-corrected chi connectivity index (χ0v) is 16.3. The molecule has 1 heterocycles. The minimum atomic E-state index is -3.90. The average molecular weight is 378 g/mol. The molecule has 2 aliphatic rings. The third-order valence-electron chi connectivity index (χ3n) is 5.41. The van der Waals surface area contributed by atoms with Gasteiger partial charge in [0.05, 0.1) is 0 Å².